The molecule has 4 aromatic rings. The summed E-state index contributed by atoms with van der Waals surface area (Å²) in [5.41, 5.74) is 2.81. The number of benzene rings is 1. The number of pyridine rings is 1. The van der Waals surface area contributed by atoms with Gasteiger partial charge in [0.15, 0.2) is 6.29 Å². The summed E-state index contributed by atoms with van der Waals surface area (Å²) >= 11 is 7.52. The minimum Gasteiger partial charge on any atom is -0.485 e. The number of rotatable bonds is 10. The van der Waals surface area contributed by atoms with Crippen LogP contribution >= 0.6 is 23.5 Å². The Balaban J connectivity index is 1.75. The largest absolute Gasteiger partial charge is 0.485 e. The van der Waals surface area contributed by atoms with E-state index in [0.717, 1.165) is 29.0 Å². The molecular formula is C26H28ClN7O2S. The molecule has 0 saturated carbocycles. The van der Waals surface area contributed by atoms with Gasteiger partial charge in [0.2, 0.25) is 0 Å². The van der Waals surface area contributed by atoms with E-state index in [1.165, 1.54) is 0 Å². The summed E-state index contributed by atoms with van der Waals surface area (Å²) in [6.45, 7) is 8.36. The lowest BCUT2D eigenvalue weighted by Crippen LogP contribution is -2.25. The van der Waals surface area contributed by atoms with Gasteiger partial charge in [0.05, 0.1) is 33.7 Å². The van der Waals surface area contributed by atoms with Crippen molar-refractivity contribution in [3.63, 3.8) is 0 Å². The van der Waals surface area contributed by atoms with Gasteiger partial charge in [0, 0.05) is 29.9 Å². The molecule has 0 aliphatic heterocycles. The molecule has 0 saturated heterocycles. The fourth-order valence-electron chi connectivity index (χ4n) is 3.51. The van der Waals surface area contributed by atoms with Crippen LogP contribution in [0.25, 0.3) is 11.3 Å². The molecule has 0 fully saturated rings. The predicted molar refractivity (Wildman–Crippen MR) is 149 cm³/mol. The predicted octanol–water partition coefficient (Wildman–Crippen LogP) is 6.36. The normalized spacial score (nSPS) is 11.3. The zero-order valence-corrected chi connectivity index (χ0v) is 22.6. The van der Waals surface area contributed by atoms with Crippen LogP contribution in [0.3, 0.4) is 0 Å². The number of hydrogen-bond donors (Lipinski definition) is 2. The van der Waals surface area contributed by atoms with E-state index in [1.807, 2.05) is 45.0 Å². The Bertz CT molecular complexity index is 1360. The summed E-state index contributed by atoms with van der Waals surface area (Å²) < 4.78 is 11.3. The van der Waals surface area contributed by atoms with Crippen molar-refractivity contribution in [1.82, 2.24) is 24.7 Å². The molecule has 3 aromatic heterocycles. The summed E-state index contributed by atoms with van der Waals surface area (Å²) in [6, 6.07) is 9.31. The number of aldehydes is 1. The molecule has 0 aliphatic rings. The van der Waals surface area contributed by atoms with Gasteiger partial charge in [-0.1, -0.05) is 36.5 Å². The minimum atomic E-state index is -0.417. The lowest BCUT2D eigenvalue weighted by Gasteiger charge is -2.22. The van der Waals surface area contributed by atoms with Gasteiger partial charge in [-0.2, -0.15) is 5.10 Å². The van der Waals surface area contributed by atoms with Crippen molar-refractivity contribution in [3.8, 4) is 17.0 Å². The van der Waals surface area contributed by atoms with Crippen LogP contribution in [0, 0.1) is 0 Å². The second-order valence-electron chi connectivity index (χ2n) is 9.03. The van der Waals surface area contributed by atoms with E-state index >= 15 is 0 Å². The third-order valence-corrected chi connectivity index (χ3v) is 6.11. The van der Waals surface area contributed by atoms with Crippen molar-refractivity contribution in [1.29, 1.82) is 0 Å². The zero-order valence-electron chi connectivity index (χ0n) is 21.0. The number of halogens is 1. The maximum Gasteiger partial charge on any atom is 0.156 e. The molecule has 0 aliphatic carbocycles. The van der Waals surface area contributed by atoms with Gasteiger partial charge in [0.25, 0.3) is 0 Å². The van der Waals surface area contributed by atoms with Crippen LogP contribution in [-0.2, 0) is 12.1 Å². The van der Waals surface area contributed by atoms with Gasteiger partial charge >= 0.3 is 0 Å². The minimum absolute atomic E-state index is 0.253. The van der Waals surface area contributed by atoms with Crippen LogP contribution in [-0.4, -0.2) is 36.8 Å². The molecule has 11 heteroatoms. The molecular weight excluding hydrogens is 510 g/mol. The third kappa shape index (κ3) is 6.39. The highest BCUT2D eigenvalue weighted by Crippen LogP contribution is 2.37. The third-order valence-electron chi connectivity index (χ3n) is 5.23. The Morgan fingerprint density at radius 2 is 1.97 bits per heavy atom. The summed E-state index contributed by atoms with van der Waals surface area (Å²) in [6.07, 6.45) is 7.16. The second-order valence-corrected chi connectivity index (χ2v) is 10.5. The van der Waals surface area contributed by atoms with Crippen molar-refractivity contribution >= 4 is 47.2 Å². The highest BCUT2D eigenvalue weighted by molar-refractivity contribution is 8.00. The Hall–Kier alpha value is -3.63. The van der Waals surface area contributed by atoms with Crippen molar-refractivity contribution in [2.75, 3.05) is 15.8 Å². The van der Waals surface area contributed by atoms with E-state index in [4.69, 9.17) is 21.4 Å². The molecule has 192 valence electrons. The van der Waals surface area contributed by atoms with E-state index in [2.05, 4.69) is 31.9 Å². The van der Waals surface area contributed by atoms with Crippen LogP contribution in [0.5, 0.6) is 5.75 Å². The fraction of sp³-hybridized carbons (Fsp3) is 0.269. The van der Waals surface area contributed by atoms with Crippen LogP contribution in [0.4, 0.5) is 17.3 Å². The van der Waals surface area contributed by atoms with Gasteiger partial charge in [-0.3, -0.25) is 14.8 Å². The number of ether oxygens (including phenoxy) is 1. The Kier molecular flexibility index (Phi) is 8.30. The number of carbonyl (C=O) groups is 1. The molecule has 3 heterocycles. The van der Waals surface area contributed by atoms with Gasteiger partial charge < -0.3 is 14.8 Å². The smallest absolute Gasteiger partial charge is 0.156 e. The highest BCUT2D eigenvalue weighted by atomic mass is 35.5. The average molecular weight is 538 g/mol. The van der Waals surface area contributed by atoms with Gasteiger partial charge in [-0.15, -0.1) is 0 Å². The highest BCUT2D eigenvalue weighted by Gasteiger charge is 2.26. The standard InChI is InChI=1S/C26H28ClN7O2S/c1-5-37-33-21-9-6-17(12-22(21)36-16-19-8-7-18(27)13-30-19)24-20(15-35)25(34(32-24)26(2,3)4)31-23-14-28-10-11-29-23/h6-15,33H,5,16H2,1-4H3,(H,29,31). The van der Waals surface area contributed by atoms with Gasteiger partial charge in [-0.05, 0) is 45.0 Å². The monoisotopic (exact) mass is 537 g/mol. The number of aromatic nitrogens is 5. The van der Waals surface area contributed by atoms with E-state index in [-0.39, 0.29) is 6.61 Å². The van der Waals surface area contributed by atoms with Crippen LogP contribution in [0.2, 0.25) is 5.02 Å². The van der Waals surface area contributed by atoms with E-state index in [9.17, 15) is 4.79 Å². The Labute approximate surface area is 225 Å². The Morgan fingerprint density at radius 3 is 2.62 bits per heavy atom. The quantitative estimate of drug-likeness (QED) is 0.176. The number of carbonyl (C=O) groups excluding carboxylic acids is 1. The number of hydrogen-bond acceptors (Lipinski definition) is 9. The molecule has 0 amide bonds. The fourth-order valence-corrected chi connectivity index (χ4v) is 4.09. The van der Waals surface area contributed by atoms with Crippen molar-refractivity contribution in [2.45, 2.75) is 39.8 Å². The van der Waals surface area contributed by atoms with Crippen molar-refractivity contribution < 1.29 is 9.53 Å². The van der Waals surface area contributed by atoms with Crippen molar-refractivity contribution in [3.05, 3.63) is 71.4 Å². The number of nitrogens with one attached hydrogen (secondary N) is 2. The average Bonchev–Trinajstić information content (AvgIpc) is 3.26. The molecule has 2 N–H and O–H groups in total. The summed E-state index contributed by atoms with van der Waals surface area (Å²) in [4.78, 5) is 25.1. The molecule has 37 heavy (non-hydrogen) atoms. The topological polar surface area (TPSA) is 107 Å². The molecule has 9 nitrogen and oxygen atoms in total. The summed E-state index contributed by atoms with van der Waals surface area (Å²) in [7, 11) is 0. The zero-order chi connectivity index (χ0) is 26.4. The van der Waals surface area contributed by atoms with E-state index < -0.39 is 5.54 Å². The van der Waals surface area contributed by atoms with Crippen LogP contribution in [0.15, 0.2) is 55.1 Å². The maximum absolute atomic E-state index is 12.4. The summed E-state index contributed by atoms with van der Waals surface area (Å²) in [5, 5.41) is 8.63. The molecule has 0 radical (unpaired) electrons. The first-order valence-corrected chi connectivity index (χ1v) is 13.0. The SMILES string of the molecule is CCSNc1ccc(-c2nn(C(C)(C)C)c(Nc3cnccn3)c2C=O)cc1OCc1ccc(Cl)cn1. The molecule has 0 atom stereocenters. The van der Waals surface area contributed by atoms with Crippen LogP contribution in [0.1, 0.15) is 43.7 Å². The first-order valence-electron chi connectivity index (χ1n) is 11.7. The van der Waals surface area contributed by atoms with Gasteiger partial charge in [0.1, 0.15) is 29.7 Å². The maximum atomic E-state index is 12.4. The number of nitrogens with zero attached hydrogens (tertiary/aromatic N) is 5. The van der Waals surface area contributed by atoms with Crippen LogP contribution < -0.4 is 14.8 Å². The molecule has 1 aromatic carbocycles. The lowest BCUT2D eigenvalue weighted by molar-refractivity contribution is 0.112. The van der Waals surface area contributed by atoms with E-state index in [0.29, 0.717) is 33.7 Å². The van der Waals surface area contributed by atoms with E-state index in [1.54, 1.807) is 47.5 Å². The Morgan fingerprint density at radius 1 is 1.14 bits per heavy atom. The first kappa shape index (κ1) is 26.4. The van der Waals surface area contributed by atoms with Crippen molar-refractivity contribution in [2.24, 2.45) is 0 Å². The summed E-state index contributed by atoms with van der Waals surface area (Å²) in [5.74, 6) is 2.54. The molecule has 0 spiro atoms. The lowest BCUT2D eigenvalue weighted by atomic mass is 10.1. The molecule has 0 bridgehead atoms. The first-order chi connectivity index (χ1) is 17.8. The number of anilines is 3. The van der Waals surface area contributed by atoms with Gasteiger partial charge in [-0.25, -0.2) is 9.67 Å². The molecule has 4 rings (SSSR count). The second kappa shape index (κ2) is 11.6. The molecule has 0 unspecified atom stereocenters.